The molecule has 0 aliphatic heterocycles. The third kappa shape index (κ3) is 4.63. The Bertz CT molecular complexity index is 1650. The van der Waals surface area contributed by atoms with Gasteiger partial charge in [0.2, 0.25) is 0 Å². The molecule has 1 unspecified atom stereocenters. The summed E-state index contributed by atoms with van der Waals surface area (Å²) in [6, 6.07) is 30.9. The number of carbonyl (C=O) groups excluding carboxylic acids is 1. The molecule has 0 saturated heterocycles. The maximum atomic E-state index is 12.9. The van der Waals surface area contributed by atoms with Crippen LogP contribution in [0.2, 0.25) is 0 Å². The predicted molar refractivity (Wildman–Crippen MR) is 150 cm³/mol. The maximum absolute atomic E-state index is 12.9. The van der Waals surface area contributed by atoms with Crippen LogP contribution in [0, 0.1) is 0 Å². The molecule has 1 atom stereocenters. The molecule has 0 bridgehead atoms. The second kappa shape index (κ2) is 9.76. The summed E-state index contributed by atoms with van der Waals surface area (Å²) >= 11 is 0. The number of hydrogen-bond donors (Lipinski definition) is 2. The van der Waals surface area contributed by atoms with Crippen LogP contribution in [0.5, 0.6) is 0 Å². The predicted octanol–water partition coefficient (Wildman–Crippen LogP) is 7.09. The molecule has 1 aliphatic carbocycles. The van der Waals surface area contributed by atoms with Gasteiger partial charge in [-0.25, -0.2) is 9.78 Å². The lowest BCUT2D eigenvalue weighted by atomic mass is 9.93. The third-order valence-electron chi connectivity index (χ3n) is 7.39. The Morgan fingerprint density at radius 2 is 1.49 bits per heavy atom. The van der Waals surface area contributed by atoms with Crippen LogP contribution in [0.15, 0.2) is 103 Å². The second-order valence-corrected chi connectivity index (χ2v) is 9.86. The number of nitrogens with one attached hydrogen (secondary N) is 1. The minimum Gasteiger partial charge on any atom is -0.481 e. The molecule has 6 rings (SSSR count). The molecule has 5 aromatic rings. The van der Waals surface area contributed by atoms with Crippen molar-refractivity contribution in [2.45, 2.75) is 31.3 Å². The maximum Gasteiger partial charge on any atom is 0.413 e. The molecule has 1 aliphatic rings. The summed E-state index contributed by atoms with van der Waals surface area (Å²) < 4.78 is 7.48. The highest BCUT2D eigenvalue weighted by atomic mass is 16.6. The Hall–Kier alpha value is -4.91. The lowest BCUT2D eigenvalue weighted by Crippen LogP contribution is -2.19. The Morgan fingerprint density at radius 3 is 2.13 bits per heavy atom. The fourth-order valence-corrected chi connectivity index (χ4v) is 4.95. The van der Waals surface area contributed by atoms with Gasteiger partial charge in [-0.3, -0.25) is 14.5 Å². The van der Waals surface area contributed by atoms with E-state index in [1.165, 1.54) is 0 Å². The number of carboxylic acid groups (broad SMARTS) is 1. The lowest BCUT2D eigenvalue weighted by Gasteiger charge is -2.15. The molecule has 1 saturated carbocycles. The van der Waals surface area contributed by atoms with Gasteiger partial charge in [-0.05, 0) is 54.2 Å². The highest BCUT2D eigenvalue weighted by molar-refractivity contribution is 5.91. The number of carbonyl (C=O) groups is 2. The van der Waals surface area contributed by atoms with Crippen LogP contribution in [-0.2, 0) is 14.9 Å². The molecule has 7 nitrogen and oxygen atoms in total. The van der Waals surface area contributed by atoms with Crippen LogP contribution in [0.1, 0.15) is 37.0 Å². The van der Waals surface area contributed by atoms with Gasteiger partial charge < -0.3 is 9.84 Å². The molecule has 7 heteroatoms. The highest BCUT2D eigenvalue weighted by Gasteiger charge is 2.51. The van der Waals surface area contributed by atoms with Crippen LogP contribution in [-0.4, -0.2) is 26.6 Å². The van der Waals surface area contributed by atoms with Crippen molar-refractivity contribution in [2.24, 2.45) is 0 Å². The van der Waals surface area contributed by atoms with Gasteiger partial charge in [0.25, 0.3) is 0 Å². The Balaban J connectivity index is 1.25. The molecule has 1 amide bonds. The number of benzene rings is 3. The normalized spacial score (nSPS) is 14.5. The minimum atomic E-state index is -0.755. The lowest BCUT2D eigenvalue weighted by molar-refractivity contribution is -0.140. The smallest absolute Gasteiger partial charge is 0.413 e. The summed E-state index contributed by atoms with van der Waals surface area (Å²) in [6.07, 6.45) is 2.24. The van der Waals surface area contributed by atoms with Gasteiger partial charge >= 0.3 is 12.1 Å². The van der Waals surface area contributed by atoms with Crippen molar-refractivity contribution in [3.8, 4) is 22.4 Å². The first-order valence-corrected chi connectivity index (χ1v) is 12.9. The van der Waals surface area contributed by atoms with E-state index in [0.29, 0.717) is 30.0 Å². The quantitative estimate of drug-likeness (QED) is 0.240. The number of amides is 1. The van der Waals surface area contributed by atoms with Crippen molar-refractivity contribution in [1.29, 1.82) is 0 Å². The average molecular weight is 518 g/mol. The fraction of sp³-hybridized carbons (Fsp3) is 0.156. The second-order valence-electron chi connectivity index (χ2n) is 9.86. The fourth-order valence-electron chi connectivity index (χ4n) is 4.95. The zero-order valence-electron chi connectivity index (χ0n) is 21.4. The van der Waals surface area contributed by atoms with Crippen LogP contribution in [0.25, 0.3) is 28.0 Å². The number of aromatic nitrogens is 2. The summed E-state index contributed by atoms with van der Waals surface area (Å²) in [5.41, 5.74) is 5.21. The van der Waals surface area contributed by atoms with Crippen LogP contribution in [0.3, 0.4) is 0 Å². The first kappa shape index (κ1) is 24.4. The van der Waals surface area contributed by atoms with E-state index in [9.17, 15) is 14.7 Å². The Morgan fingerprint density at radius 1 is 0.872 bits per heavy atom. The number of nitrogens with zero attached hydrogens (tertiary/aromatic N) is 2. The number of carboxylic acids is 1. The van der Waals surface area contributed by atoms with E-state index in [1.807, 2.05) is 115 Å². The van der Waals surface area contributed by atoms with Gasteiger partial charge in [-0.2, -0.15) is 0 Å². The molecule has 2 N–H and O–H groups in total. The first-order chi connectivity index (χ1) is 18.9. The molecule has 3 aromatic carbocycles. The number of anilines is 1. The monoisotopic (exact) mass is 517 g/mol. The molecule has 2 aromatic heterocycles. The van der Waals surface area contributed by atoms with Gasteiger partial charge in [0.15, 0.2) is 0 Å². The van der Waals surface area contributed by atoms with Crippen molar-refractivity contribution in [2.75, 3.05) is 5.32 Å². The van der Waals surface area contributed by atoms with E-state index in [0.717, 1.165) is 27.8 Å². The summed E-state index contributed by atoms with van der Waals surface area (Å²) in [6.45, 7) is 1.84. The van der Waals surface area contributed by atoms with E-state index >= 15 is 0 Å². The standard InChI is InChI=1S/C32H27N3O4/c1-21(22-7-3-2-4-8-22)39-31(38)34-29-28(33-27-9-5-6-20-35(27)29)25-12-10-23(11-13-25)24-14-16-26(17-15-24)32(18-19-32)30(36)37/h2-17,20-21H,18-19H2,1H3,(H,34,38)(H,36,37). The van der Waals surface area contributed by atoms with Crippen LogP contribution >= 0.6 is 0 Å². The van der Waals surface area contributed by atoms with Crippen molar-refractivity contribution >= 4 is 23.5 Å². The average Bonchev–Trinajstić information content (AvgIpc) is 3.71. The highest BCUT2D eigenvalue weighted by Crippen LogP contribution is 2.48. The summed E-state index contributed by atoms with van der Waals surface area (Å²) in [5.74, 6) is -0.230. The number of imidazole rings is 1. The first-order valence-electron chi connectivity index (χ1n) is 12.9. The van der Waals surface area contributed by atoms with Gasteiger partial charge in [0, 0.05) is 11.8 Å². The van der Waals surface area contributed by atoms with Gasteiger partial charge in [-0.15, -0.1) is 0 Å². The number of rotatable bonds is 7. The van der Waals surface area contributed by atoms with E-state index < -0.39 is 23.6 Å². The van der Waals surface area contributed by atoms with Crippen molar-refractivity contribution in [1.82, 2.24) is 9.38 Å². The van der Waals surface area contributed by atoms with Crippen molar-refractivity contribution < 1.29 is 19.4 Å². The van der Waals surface area contributed by atoms with E-state index in [2.05, 4.69) is 5.32 Å². The molecule has 0 spiro atoms. The summed E-state index contributed by atoms with van der Waals surface area (Å²) in [4.78, 5) is 29.3. The van der Waals surface area contributed by atoms with Crippen molar-refractivity contribution in [3.63, 3.8) is 0 Å². The number of aliphatic carboxylic acids is 1. The van der Waals surface area contributed by atoms with Crippen molar-refractivity contribution in [3.05, 3.63) is 114 Å². The molecule has 0 radical (unpaired) electrons. The molecule has 2 heterocycles. The Kier molecular flexibility index (Phi) is 6.11. The zero-order chi connectivity index (χ0) is 27.0. The third-order valence-corrected chi connectivity index (χ3v) is 7.39. The number of pyridine rings is 1. The van der Waals surface area contributed by atoms with E-state index in [1.54, 1.807) is 0 Å². The number of ether oxygens (including phenoxy) is 1. The minimum absolute atomic E-state index is 0.412. The summed E-state index contributed by atoms with van der Waals surface area (Å²) in [5, 5.41) is 12.5. The largest absolute Gasteiger partial charge is 0.481 e. The number of fused-ring (bicyclic) bond motifs is 1. The number of hydrogen-bond acceptors (Lipinski definition) is 4. The Labute approximate surface area is 225 Å². The molecule has 39 heavy (non-hydrogen) atoms. The van der Waals surface area contributed by atoms with E-state index in [-0.39, 0.29) is 0 Å². The molecule has 194 valence electrons. The topological polar surface area (TPSA) is 92.9 Å². The van der Waals surface area contributed by atoms with Gasteiger partial charge in [0.05, 0.1) is 5.41 Å². The SMILES string of the molecule is CC(OC(=O)Nc1c(-c2ccc(-c3ccc(C4(C(=O)O)CC4)cc3)cc2)nc2ccccn12)c1ccccc1. The molecule has 1 fully saturated rings. The summed E-state index contributed by atoms with van der Waals surface area (Å²) in [7, 11) is 0. The molecular weight excluding hydrogens is 490 g/mol. The van der Waals surface area contributed by atoms with Crippen LogP contribution in [0.4, 0.5) is 10.6 Å². The van der Waals surface area contributed by atoms with Crippen LogP contribution < -0.4 is 5.32 Å². The van der Waals surface area contributed by atoms with Gasteiger partial charge in [-0.1, -0.05) is 84.9 Å². The van der Waals surface area contributed by atoms with E-state index in [4.69, 9.17) is 9.72 Å². The zero-order valence-corrected chi connectivity index (χ0v) is 21.4. The molecular formula is C32H27N3O4. The van der Waals surface area contributed by atoms with Gasteiger partial charge in [0.1, 0.15) is 23.3 Å².